The zero-order valence-corrected chi connectivity index (χ0v) is 16.5. The Labute approximate surface area is 176 Å². The molecule has 0 unspecified atom stereocenters. The van der Waals surface area contributed by atoms with Gasteiger partial charge in [0, 0.05) is 11.6 Å². The molecule has 1 aromatic heterocycles. The highest BCUT2D eigenvalue weighted by atomic mass is 35.5. The van der Waals surface area contributed by atoms with E-state index >= 15 is 0 Å². The summed E-state index contributed by atoms with van der Waals surface area (Å²) in [6.45, 7) is 0.234. The first-order valence-corrected chi connectivity index (χ1v) is 9.84. The number of aromatic nitrogens is 3. The minimum absolute atomic E-state index is 0.0157. The molecule has 150 valence electrons. The molecular weight excluding hydrogens is 406 g/mol. The first kappa shape index (κ1) is 18.5. The molecule has 9 heteroatoms. The van der Waals surface area contributed by atoms with Gasteiger partial charge in [0.25, 0.3) is 17.4 Å². The number of hydrogen-bond acceptors (Lipinski definition) is 6. The molecule has 2 aliphatic heterocycles. The molecule has 3 heterocycles. The highest BCUT2D eigenvalue weighted by molar-refractivity contribution is 6.30. The van der Waals surface area contributed by atoms with Gasteiger partial charge in [-0.15, -0.1) is 10.2 Å². The summed E-state index contributed by atoms with van der Waals surface area (Å²) in [4.78, 5) is 39.1. The third-order valence-corrected chi connectivity index (χ3v) is 5.67. The number of nitrogens with one attached hydrogen (secondary N) is 1. The normalized spacial score (nSPS) is 17.5. The smallest absolute Gasteiger partial charge is 0.278 e. The van der Waals surface area contributed by atoms with Crippen LogP contribution in [0.2, 0.25) is 5.02 Å². The van der Waals surface area contributed by atoms with E-state index in [9.17, 15) is 14.4 Å². The standard InChI is InChI=1S/C21H16ClN5O3/c22-13-7-5-12(6-8-13)16-9-10-26-20(30)17(24-25-21(26)23-16)11-27-18(28)14-3-1-2-4-15(14)19(27)29/h1-8,16H,9-11H2,(H,23,25)/t16-/m1/s1. The molecule has 2 amide bonds. The quantitative estimate of drug-likeness (QED) is 0.653. The maximum absolute atomic E-state index is 12.9. The van der Waals surface area contributed by atoms with Crippen LogP contribution in [0.25, 0.3) is 0 Å². The number of benzene rings is 2. The zero-order valence-electron chi connectivity index (χ0n) is 15.7. The van der Waals surface area contributed by atoms with Gasteiger partial charge in [0.15, 0.2) is 0 Å². The number of fused-ring (bicyclic) bond motifs is 2. The summed E-state index contributed by atoms with van der Waals surface area (Å²) in [7, 11) is 0. The number of carbonyl (C=O) groups is 2. The molecule has 0 saturated heterocycles. The number of nitrogens with zero attached hydrogens (tertiary/aromatic N) is 4. The molecule has 30 heavy (non-hydrogen) atoms. The average Bonchev–Trinajstić information content (AvgIpc) is 3.01. The largest absolute Gasteiger partial charge is 0.347 e. The number of halogens is 1. The number of anilines is 1. The summed E-state index contributed by atoms with van der Waals surface area (Å²) in [5.74, 6) is -0.502. The molecule has 0 saturated carbocycles. The van der Waals surface area contributed by atoms with Gasteiger partial charge in [-0.3, -0.25) is 23.9 Å². The van der Waals surface area contributed by atoms with Crippen LogP contribution in [0.4, 0.5) is 5.95 Å². The first-order chi connectivity index (χ1) is 14.5. The van der Waals surface area contributed by atoms with Crippen molar-refractivity contribution in [3.63, 3.8) is 0 Å². The van der Waals surface area contributed by atoms with Crippen LogP contribution in [0.5, 0.6) is 0 Å². The van der Waals surface area contributed by atoms with Crippen molar-refractivity contribution in [2.24, 2.45) is 0 Å². The van der Waals surface area contributed by atoms with Gasteiger partial charge in [0.05, 0.1) is 23.7 Å². The molecule has 2 aliphatic rings. The van der Waals surface area contributed by atoms with Gasteiger partial charge in [-0.1, -0.05) is 35.9 Å². The van der Waals surface area contributed by atoms with E-state index in [0.717, 1.165) is 10.5 Å². The van der Waals surface area contributed by atoms with E-state index < -0.39 is 11.8 Å². The second-order valence-corrected chi connectivity index (χ2v) is 7.64. The summed E-state index contributed by atoms with van der Waals surface area (Å²) in [6.07, 6.45) is 0.673. The van der Waals surface area contributed by atoms with E-state index in [0.29, 0.717) is 35.1 Å². The second kappa shape index (κ2) is 7.07. The third-order valence-electron chi connectivity index (χ3n) is 5.42. The Morgan fingerprint density at radius 2 is 1.63 bits per heavy atom. The lowest BCUT2D eigenvalue weighted by Gasteiger charge is -2.27. The number of hydrogen-bond donors (Lipinski definition) is 1. The molecule has 2 aromatic carbocycles. The van der Waals surface area contributed by atoms with Gasteiger partial charge in [-0.05, 0) is 36.2 Å². The van der Waals surface area contributed by atoms with Gasteiger partial charge in [-0.2, -0.15) is 0 Å². The zero-order chi connectivity index (χ0) is 20.8. The van der Waals surface area contributed by atoms with Crippen molar-refractivity contribution in [3.05, 3.63) is 86.3 Å². The van der Waals surface area contributed by atoms with Crippen LogP contribution in [-0.2, 0) is 13.1 Å². The van der Waals surface area contributed by atoms with Crippen LogP contribution in [-0.4, -0.2) is 31.5 Å². The Balaban J connectivity index is 1.40. The van der Waals surface area contributed by atoms with Gasteiger partial charge in [0.1, 0.15) is 5.69 Å². The minimum atomic E-state index is -0.430. The molecule has 0 fully saturated rings. The Kier molecular flexibility index (Phi) is 4.36. The van der Waals surface area contributed by atoms with Gasteiger partial charge < -0.3 is 5.32 Å². The lowest BCUT2D eigenvalue weighted by atomic mass is 10.0. The minimum Gasteiger partial charge on any atom is -0.347 e. The van der Waals surface area contributed by atoms with Crippen molar-refractivity contribution in [2.45, 2.75) is 25.6 Å². The molecule has 1 N–H and O–H groups in total. The van der Waals surface area contributed by atoms with Gasteiger partial charge in [-0.25, -0.2) is 0 Å². The molecule has 0 bridgehead atoms. The van der Waals surface area contributed by atoms with Crippen molar-refractivity contribution in [3.8, 4) is 0 Å². The lowest BCUT2D eigenvalue weighted by Crippen LogP contribution is -2.38. The highest BCUT2D eigenvalue weighted by Crippen LogP contribution is 2.27. The van der Waals surface area contributed by atoms with Crippen molar-refractivity contribution >= 4 is 29.4 Å². The van der Waals surface area contributed by atoms with Gasteiger partial charge in [0.2, 0.25) is 5.95 Å². The summed E-state index contributed by atoms with van der Waals surface area (Å²) >= 11 is 5.95. The van der Waals surface area contributed by atoms with E-state index in [1.54, 1.807) is 24.3 Å². The first-order valence-electron chi connectivity index (χ1n) is 9.46. The SMILES string of the molecule is O=C1c2ccccc2C(=O)N1Cc1nnc2n(c1=O)CC[C@H](c1ccc(Cl)cc1)N2. The summed E-state index contributed by atoms with van der Waals surface area (Å²) < 4.78 is 1.49. The molecule has 0 radical (unpaired) electrons. The number of carbonyl (C=O) groups excluding carboxylic acids is 2. The van der Waals surface area contributed by atoms with Crippen LogP contribution < -0.4 is 10.9 Å². The van der Waals surface area contributed by atoms with Gasteiger partial charge >= 0.3 is 0 Å². The fraction of sp³-hybridized carbons (Fsp3) is 0.190. The van der Waals surface area contributed by atoms with E-state index in [4.69, 9.17) is 11.6 Å². The van der Waals surface area contributed by atoms with Crippen LogP contribution in [0, 0.1) is 0 Å². The van der Waals surface area contributed by atoms with Crippen molar-refractivity contribution in [2.75, 3.05) is 5.32 Å². The second-order valence-electron chi connectivity index (χ2n) is 7.21. The summed E-state index contributed by atoms with van der Waals surface area (Å²) in [5.41, 5.74) is 1.40. The number of imide groups is 1. The Bertz CT molecular complexity index is 1200. The molecular formula is C21H16ClN5O3. The third kappa shape index (κ3) is 2.96. The maximum Gasteiger partial charge on any atom is 0.278 e. The highest BCUT2D eigenvalue weighted by Gasteiger charge is 2.36. The number of amides is 2. The maximum atomic E-state index is 12.9. The van der Waals surface area contributed by atoms with Crippen LogP contribution in [0.3, 0.4) is 0 Å². The fourth-order valence-corrected chi connectivity index (χ4v) is 3.96. The molecule has 0 aliphatic carbocycles. The predicted octanol–water partition coefficient (Wildman–Crippen LogP) is 2.64. The Morgan fingerprint density at radius 3 is 2.30 bits per heavy atom. The molecule has 3 aromatic rings. The van der Waals surface area contributed by atoms with Crippen molar-refractivity contribution < 1.29 is 9.59 Å². The molecule has 8 nitrogen and oxygen atoms in total. The van der Waals surface area contributed by atoms with E-state index in [2.05, 4.69) is 15.5 Å². The molecule has 5 rings (SSSR count). The average molecular weight is 422 g/mol. The van der Waals surface area contributed by atoms with Crippen LogP contribution >= 0.6 is 11.6 Å². The van der Waals surface area contributed by atoms with E-state index in [-0.39, 0.29) is 23.8 Å². The lowest BCUT2D eigenvalue weighted by molar-refractivity contribution is 0.0639. The molecule has 1 atom stereocenters. The van der Waals surface area contributed by atoms with Crippen molar-refractivity contribution in [1.29, 1.82) is 0 Å². The monoisotopic (exact) mass is 421 g/mol. The fourth-order valence-electron chi connectivity index (χ4n) is 3.83. The van der Waals surface area contributed by atoms with Crippen LogP contribution in [0.1, 0.15) is 44.4 Å². The topological polar surface area (TPSA) is 97.2 Å². The van der Waals surface area contributed by atoms with Crippen LogP contribution in [0.15, 0.2) is 53.3 Å². The predicted molar refractivity (Wildman–Crippen MR) is 109 cm³/mol. The summed E-state index contributed by atoms with van der Waals surface area (Å²) in [5, 5.41) is 12.0. The van der Waals surface area contributed by atoms with Crippen molar-refractivity contribution in [1.82, 2.24) is 19.7 Å². The van der Waals surface area contributed by atoms with E-state index in [1.807, 2.05) is 24.3 Å². The summed E-state index contributed by atoms with van der Waals surface area (Å²) in [6, 6.07) is 14.1. The Hall–Kier alpha value is -3.52. The van der Waals surface area contributed by atoms with E-state index in [1.165, 1.54) is 4.57 Å². The molecule has 0 spiro atoms. The Morgan fingerprint density at radius 1 is 0.967 bits per heavy atom. The number of rotatable bonds is 3.